The third-order valence-electron chi connectivity index (χ3n) is 2.87. The molecule has 0 aliphatic rings. The number of imidazole rings is 1. The third kappa shape index (κ3) is 2.55. The van der Waals surface area contributed by atoms with Gasteiger partial charge in [0, 0.05) is 18.3 Å². The molecule has 5 heteroatoms. The lowest BCUT2D eigenvalue weighted by atomic mass is 9.94. The minimum absolute atomic E-state index is 0.137. The number of H-pyrrole nitrogens is 1. The second kappa shape index (κ2) is 4.84. The van der Waals surface area contributed by atoms with Crippen LogP contribution >= 0.6 is 0 Å². The first-order valence-electron chi connectivity index (χ1n) is 5.68. The number of alkyl halides is 3. The molecule has 1 aromatic carbocycles. The largest absolute Gasteiger partial charge is 0.416 e. The molecule has 0 aliphatic heterocycles. The van der Waals surface area contributed by atoms with E-state index < -0.39 is 11.7 Å². The summed E-state index contributed by atoms with van der Waals surface area (Å²) in [4.78, 5) is 7.07. The summed E-state index contributed by atoms with van der Waals surface area (Å²) in [6, 6.07) is 5.41. The molecule has 2 aromatic rings. The van der Waals surface area contributed by atoms with Crippen molar-refractivity contribution >= 4 is 0 Å². The number of halogens is 3. The van der Waals surface area contributed by atoms with Crippen molar-refractivity contribution < 1.29 is 13.2 Å². The minimum atomic E-state index is -4.31. The monoisotopic (exact) mass is 254 g/mol. The highest BCUT2D eigenvalue weighted by atomic mass is 19.4. The van der Waals surface area contributed by atoms with Crippen molar-refractivity contribution in [1.82, 2.24) is 9.97 Å². The van der Waals surface area contributed by atoms with Gasteiger partial charge in [-0.2, -0.15) is 13.2 Å². The fraction of sp³-hybridized carbons (Fsp3) is 0.308. The fourth-order valence-corrected chi connectivity index (χ4v) is 1.99. The van der Waals surface area contributed by atoms with Crippen molar-refractivity contribution in [2.45, 2.75) is 25.4 Å². The summed E-state index contributed by atoms with van der Waals surface area (Å²) in [5, 5.41) is 0. The molecule has 2 rings (SSSR count). The van der Waals surface area contributed by atoms with Gasteiger partial charge in [-0.15, -0.1) is 0 Å². The van der Waals surface area contributed by atoms with Gasteiger partial charge >= 0.3 is 6.18 Å². The van der Waals surface area contributed by atoms with Crippen LogP contribution in [0.3, 0.4) is 0 Å². The highest BCUT2D eigenvalue weighted by Crippen LogP contribution is 2.33. The third-order valence-corrected chi connectivity index (χ3v) is 2.87. The quantitative estimate of drug-likeness (QED) is 0.882. The Morgan fingerprint density at radius 3 is 2.67 bits per heavy atom. The molecule has 1 aromatic heterocycles. The molecule has 0 aliphatic carbocycles. The first-order chi connectivity index (χ1) is 8.52. The summed E-state index contributed by atoms with van der Waals surface area (Å²) in [5.41, 5.74) is 0.00674. The summed E-state index contributed by atoms with van der Waals surface area (Å²) >= 11 is 0. The van der Waals surface area contributed by atoms with Gasteiger partial charge in [-0.05, 0) is 18.1 Å². The van der Waals surface area contributed by atoms with Crippen LogP contribution in [0.5, 0.6) is 0 Å². The Morgan fingerprint density at radius 2 is 2.11 bits per heavy atom. The molecule has 1 atom stereocenters. The Hall–Kier alpha value is -1.78. The predicted molar refractivity (Wildman–Crippen MR) is 62.2 cm³/mol. The van der Waals surface area contributed by atoms with Gasteiger partial charge in [0.15, 0.2) is 0 Å². The molecule has 96 valence electrons. The Kier molecular flexibility index (Phi) is 3.41. The molecule has 0 spiro atoms. The highest BCUT2D eigenvalue weighted by Gasteiger charge is 2.31. The second-order valence-corrected chi connectivity index (χ2v) is 4.06. The van der Waals surface area contributed by atoms with E-state index in [1.165, 1.54) is 12.1 Å². The highest BCUT2D eigenvalue weighted by molar-refractivity contribution is 5.31. The maximum atomic E-state index is 12.7. The van der Waals surface area contributed by atoms with Crippen molar-refractivity contribution in [1.29, 1.82) is 0 Å². The Morgan fingerprint density at radius 1 is 1.33 bits per heavy atom. The molecule has 0 bridgehead atoms. The van der Waals surface area contributed by atoms with E-state index >= 15 is 0 Å². The molecule has 0 radical (unpaired) electrons. The number of aromatic amines is 1. The molecule has 18 heavy (non-hydrogen) atoms. The van der Waals surface area contributed by atoms with Gasteiger partial charge in [0.25, 0.3) is 0 Å². The standard InChI is InChI=1S/C13H13F3N2/c1-2-11(12-17-6-7-18-12)9-4-3-5-10(8-9)13(14,15)16/h3-8,11H,2H2,1H3,(H,17,18). The van der Waals surface area contributed by atoms with E-state index in [9.17, 15) is 13.2 Å². The summed E-state index contributed by atoms with van der Waals surface area (Å²) in [6.45, 7) is 1.92. The first-order valence-corrected chi connectivity index (χ1v) is 5.68. The lowest BCUT2D eigenvalue weighted by Gasteiger charge is -2.15. The van der Waals surface area contributed by atoms with Crippen LogP contribution in [-0.4, -0.2) is 9.97 Å². The molecule has 1 unspecified atom stereocenters. The van der Waals surface area contributed by atoms with Gasteiger partial charge < -0.3 is 4.98 Å². The van der Waals surface area contributed by atoms with Gasteiger partial charge in [0.05, 0.1) is 5.56 Å². The summed E-state index contributed by atoms with van der Waals surface area (Å²) in [6.07, 6.45) is -0.344. The van der Waals surface area contributed by atoms with Gasteiger partial charge in [0.2, 0.25) is 0 Å². The van der Waals surface area contributed by atoms with Crippen LogP contribution in [0, 0.1) is 0 Å². The van der Waals surface area contributed by atoms with E-state index in [4.69, 9.17) is 0 Å². The summed E-state index contributed by atoms with van der Waals surface area (Å²) in [7, 11) is 0. The van der Waals surface area contributed by atoms with Crippen LogP contribution in [0.4, 0.5) is 13.2 Å². The predicted octanol–water partition coefficient (Wildman–Crippen LogP) is 3.97. The number of nitrogens with one attached hydrogen (secondary N) is 1. The van der Waals surface area contributed by atoms with Crippen LogP contribution < -0.4 is 0 Å². The second-order valence-electron chi connectivity index (χ2n) is 4.06. The zero-order valence-electron chi connectivity index (χ0n) is 9.83. The average molecular weight is 254 g/mol. The molecule has 2 nitrogen and oxygen atoms in total. The molecular weight excluding hydrogens is 241 g/mol. The molecule has 0 saturated carbocycles. The zero-order chi connectivity index (χ0) is 13.2. The van der Waals surface area contributed by atoms with Gasteiger partial charge in [-0.25, -0.2) is 4.98 Å². The van der Waals surface area contributed by atoms with E-state index in [1.54, 1.807) is 18.5 Å². The van der Waals surface area contributed by atoms with Crippen molar-refractivity contribution in [3.8, 4) is 0 Å². The van der Waals surface area contributed by atoms with Gasteiger partial charge in [-0.3, -0.25) is 0 Å². The van der Waals surface area contributed by atoms with Crippen molar-refractivity contribution in [2.75, 3.05) is 0 Å². The number of hydrogen-bond acceptors (Lipinski definition) is 1. The topological polar surface area (TPSA) is 28.7 Å². The normalized spacial score (nSPS) is 13.6. The van der Waals surface area contributed by atoms with Crippen LogP contribution in [0.1, 0.15) is 36.2 Å². The Bertz CT molecular complexity index is 503. The van der Waals surface area contributed by atoms with E-state index in [-0.39, 0.29) is 5.92 Å². The lowest BCUT2D eigenvalue weighted by Crippen LogP contribution is -2.08. The molecular formula is C13H13F3N2. The van der Waals surface area contributed by atoms with E-state index in [0.717, 1.165) is 6.07 Å². The first kappa shape index (κ1) is 12.7. The molecule has 0 amide bonds. The van der Waals surface area contributed by atoms with Crippen LogP contribution in [0.2, 0.25) is 0 Å². The summed E-state index contributed by atoms with van der Waals surface area (Å²) < 4.78 is 38.0. The Labute approximate surface area is 103 Å². The molecule has 1 N–H and O–H groups in total. The van der Waals surface area contributed by atoms with Gasteiger partial charge in [0.1, 0.15) is 5.82 Å². The van der Waals surface area contributed by atoms with Crippen LogP contribution in [0.15, 0.2) is 36.7 Å². The smallest absolute Gasteiger partial charge is 0.348 e. The maximum Gasteiger partial charge on any atom is 0.416 e. The Balaban J connectivity index is 2.38. The SMILES string of the molecule is CCC(c1cccc(C(F)(F)F)c1)c1ncc[nH]1. The van der Waals surface area contributed by atoms with E-state index in [2.05, 4.69) is 9.97 Å². The van der Waals surface area contributed by atoms with Crippen molar-refractivity contribution in [2.24, 2.45) is 0 Å². The average Bonchev–Trinajstić information content (AvgIpc) is 2.83. The number of nitrogens with zero attached hydrogens (tertiary/aromatic N) is 1. The zero-order valence-corrected chi connectivity index (χ0v) is 9.83. The number of rotatable bonds is 3. The van der Waals surface area contributed by atoms with Crippen molar-refractivity contribution in [3.05, 3.63) is 53.6 Å². The molecule has 0 saturated heterocycles. The number of aromatic nitrogens is 2. The van der Waals surface area contributed by atoms with E-state index in [0.29, 0.717) is 17.8 Å². The summed E-state index contributed by atoms with van der Waals surface area (Å²) in [5.74, 6) is 0.555. The van der Waals surface area contributed by atoms with E-state index in [1.807, 2.05) is 6.92 Å². The lowest BCUT2D eigenvalue weighted by molar-refractivity contribution is -0.137. The fourth-order valence-electron chi connectivity index (χ4n) is 1.99. The number of hydrogen-bond donors (Lipinski definition) is 1. The molecule has 0 fully saturated rings. The number of benzene rings is 1. The van der Waals surface area contributed by atoms with Crippen molar-refractivity contribution in [3.63, 3.8) is 0 Å². The van der Waals surface area contributed by atoms with Crippen LogP contribution in [-0.2, 0) is 6.18 Å². The van der Waals surface area contributed by atoms with Crippen LogP contribution in [0.25, 0.3) is 0 Å². The maximum absolute atomic E-state index is 12.7. The van der Waals surface area contributed by atoms with Gasteiger partial charge in [-0.1, -0.05) is 25.1 Å². The minimum Gasteiger partial charge on any atom is -0.348 e. The molecule has 1 heterocycles.